The second-order valence-electron chi connectivity index (χ2n) is 5.87. The highest BCUT2D eigenvalue weighted by Gasteiger charge is 2.37. The third-order valence-corrected chi connectivity index (χ3v) is 4.67. The van der Waals surface area contributed by atoms with Crippen LogP contribution in [0.5, 0.6) is 0 Å². The molecule has 2 rings (SSSR count). The number of aliphatic carboxylic acids is 1. The predicted octanol–water partition coefficient (Wildman–Crippen LogP) is 1.43. The van der Waals surface area contributed by atoms with E-state index in [2.05, 4.69) is 0 Å². The lowest BCUT2D eigenvalue weighted by molar-refractivity contribution is -0.139. The summed E-state index contributed by atoms with van der Waals surface area (Å²) in [5.74, 6) is -1.43. The monoisotopic (exact) mass is 325 g/mol. The molecule has 0 amide bonds. The minimum absolute atomic E-state index is 0.0320. The maximum Gasteiger partial charge on any atom is 0.451 e. The summed E-state index contributed by atoms with van der Waals surface area (Å²) in [6.45, 7) is 0.466. The molecule has 0 radical (unpaired) electrons. The number of benzene rings is 1. The first-order chi connectivity index (χ1) is 10.4. The van der Waals surface area contributed by atoms with Gasteiger partial charge in [-0.2, -0.15) is 0 Å². The number of fused-ring (bicyclic) bond motifs is 1. The molecule has 5 N–H and O–H groups in total. The van der Waals surface area contributed by atoms with Crippen LogP contribution < -0.4 is 5.73 Å². The van der Waals surface area contributed by atoms with Gasteiger partial charge in [-0.15, -0.1) is 0 Å². The normalized spacial score (nSPS) is 20.0. The SMILES string of the molecule is NCCc1cc2c(cc1Cl)C[C@H](CCCB(O)O)[C@@H]2C(=O)O. The Morgan fingerprint density at radius 3 is 2.73 bits per heavy atom. The molecule has 0 aromatic heterocycles. The summed E-state index contributed by atoms with van der Waals surface area (Å²) in [5.41, 5.74) is 8.27. The summed E-state index contributed by atoms with van der Waals surface area (Å²) in [7, 11) is -1.34. The maximum atomic E-state index is 11.7. The summed E-state index contributed by atoms with van der Waals surface area (Å²) in [6, 6.07) is 3.74. The third-order valence-electron chi connectivity index (χ3n) is 4.31. The highest BCUT2D eigenvalue weighted by atomic mass is 35.5. The van der Waals surface area contributed by atoms with Gasteiger partial charge in [0.25, 0.3) is 0 Å². The van der Waals surface area contributed by atoms with Gasteiger partial charge in [-0.1, -0.05) is 24.1 Å². The fourth-order valence-corrected chi connectivity index (χ4v) is 3.59. The van der Waals surface area contributed by atoms with Gasteiger partial charge in [-0.3, -0.25) is 4.79 Å². The van der Waals surface area contributed by atoms with Crippen molar-refractivity contribution in [1.82, 2.24) is 0 Å². The zero-order valence-electron chi connectivity index (χ0n) is 12.3. The van der Waals surface area contributed by atoms with Crippen molar-refractivity contribution >= 4 is 24.7 Å². The van der Waals surface area contributed by atoms with E-state index in [1.807, 2.05) is 12.1 Å². The molecule has 2 atom stereocenters. The lowest BCUT2D eigenvalue weighted by Crippen LogP contribution is -2.19. The van der Waals surface area contributed by atoms with Crippen LogP contribution >= 0.6 is 11.6 Å². The number of carboxylic acids is 1. The van der Waals surface area contributed by atoms with Crippen LogP contribution in [0.1, 0.15) is 35.4 Å². The van der Waals surface area contributed by atoms with Crippen molar-refractivity contribution in [2.24, 2.45) is 11.7 Å². The smallest absolute Gasteiger partial charge is 0.451 e. The van der Waals surface area contributed by atoms with Gasteiger partial charge >= 0.3 is 13.1 Å². The minimum Gasteiger partial charge on any atom is -0.481 e. The number of carboxylic acid groups (broad SMARTS) is 1. The summed E-state index contributed by atoms with van der Waals surface area (Å²) in [6.07, 6.45) is 2.78. The standard InChI is InChI=1S/C15H21BClNO4/c17-13-8-11-6-10(2-1-4-16(21)22)14(15(19)20)12(11)7-9(13)3-5-18/h7-8,10,14,21-22H,1-6,18H2,(H,19,20)/t10-,14-/m0/s1. The molecule has 5 nitrogen and oxygen atoms in total. The summed E-state index contributed by atoms with van der Waals surface area (Å²) >= 11 is 6.24. The molecule has 0 spiro atoms. The summed E-state index contributed by atoms with van der Waals surface area (Å²) < 4.78 is 0. The Morgan fingerprint density at radius 2 is 2.14 bits per heavy atom. The zero-order chi connectivity index (χ0) is 16.3. The van der Waals surface area contributed by atoms with Gasteiger partial charge in [-0.25, -0.2) is 0 Å². The first-order valence-electron chi connectivity index (χ1n) is 7.54. The highest BCUT2D eigenvalue weighted by Crippen LogP contribution is 2.42. The Hall–Kier alpha value is -1.08. The number of nitrogens with two attached hydrogens (primary N) is 1. The molecule has 0 unspecified atom stereocenters. The number of rotatable bonds is 7. The first kappa shape index (κ1) is 17.3. The molecule has 1 aliphatic carbocycles. The van der Waals surface area contributed by atoms with E-state index in [1.54, 1.807) is 0 Å². The van der Waals surface area contributed by atoms with Crippen LogP contribution in [0, 0.1) is 5.92 Å². The molecular formula is C15H21BClNO4. The molecule has 120 valence electrons. The lowest BCUT2D eigenvalue weighted by Gasteiger charge is -2.16. The molecule has 0 aliphatic heterocycles. The van der Waals surface area contributed by atoms with E-state index in [4.69, 9.17) is 27.4 Å². The second kappa shape index (κ2) is 7.46. The number of carbonyl (C=O) groups is 1. The van der Waals surface area contributed by atoms with Gasteiger partial charge in [0.15, 0.2) is 0 Å². The first-order valence-corrected chi connectivity index (χ1v) is 7.92. The van der Waals surface area contributed by atoms with E-state index in [9.17, 15) is 9.90 Å². The molecule has 0 saturated heterocycles. The van der Waals surface area contributed by atoms with Crippen LogP contribution in [0.15, 0.2) is 12.1 Å². The zero-order valence-corrected chi connectivity index (χ0v) is 13.1. The van der Waals surface area contributed by atoms with Crippen LogP contribution in [0.2, 0.25) is 11.3 Å². The Bertz CT molecular complexity index is 553. The van der Waals surface area contributed by atoms with Crippen LogP contribution in [-0.4, -0.2) is 34.8 Å². The van der Waals surface area contributed by atoms with Crippen LogP contribution in [0.25, 0.3) is 0 Å². The van der Waals surface area contributed by atoms with Gasteiger partial charge < -0.3 is 20.9 Å². The maximum absolute atomic E-state index is 11.7. The second-order valence-corrected chi connectivity index (χ2v) is 6.28. The van der Waals surface area contributed by atoms with E-state index in [0.29, 0.717) is 37.3 Å². The van der Waals surface area contributed by atoms with Crippen molar-refractivity contribution in [2.45, 2.75) is 37.9 Å². The van der Waals surface area contributed by atoms with Crippen molar-refractivity contribution in [3.63, 3.8) is 0 Å². The van der Waals surface area contributed by atoms with E-state index < -0.39 is 19.0 Å². The number of hydrogen-bond acceptors (Lipinski definition) is 4. The third kappa shape index (κ3) is 3.81. The molecule has 1 aromatic rings. The van der Waals surface area contributed by atoms with E-state index in [1.165, 1.54) is 0 Å². The quantitative estimate of drug-likeness (QED) is 0.568. The summed E-state index contributed by atoms with van der Waals surface area (Å²) in [5, 5.41) is 28.0. The van der Waals surface area contributed by atoms with Crippen LogP contribution in [0.3, 0.4) is 0 Å². The van der Waals surface area contributed by atoms with Crippen LogP contribution in [-0.2, 0) is 17.6 Å². The van der Waals surface area contributed by atoms with Gasteiger partial charge in [0.2, 0.25) is 0 Å². The molecule has 22 heavy (non-hydrogen) atoms. The van der Waals surface area contributed by atoms with E-state index in [0.717, 1.165) is 16.7 Å². The van der Waals surface area contributed by atoms with Gasteiger partial charge in [0.1, 0.15) is 0 Å². The average Bonchev–Trinajstić information content (AvgIpc) is 2.76. The average molecular weight is 326 g/mol. The minimum atomic E-state index is -1.34. The molecular weight excluding hydrogens is 304 g/mol. The Morgan fingerprint density at radius 1 is 1.41 bits per heavy atom. The van der Waals surface area contributed by atoms with Gasteiger partial charge in [0.05, 0.1) is 5.92 Å². The van der Waals surface area contributed by atoms with Crippen molar-refractivity contribution in [3.8, 4) is 0 Å². The lowest BCUT2D eigenvalue weighted by atomic mass is 9.80. The van der Waals surface area contributed by atoms with E-state index in [-0.39, 0.29) is 12.2 Å². The Kier molecular flexibility index (Phi) is 5.86. The fraction of sp³-hybridized carbons (Fsp3) is 0.533. The number of halogens is 1. The van der Waals surface area contributed by atoms with Crippen molar-refractivity contribution in [2.75, 3.05) is 6.54 Å². The molecule has 1 aliphatic rings. The van der Waals surface area contributed by atoms with Crippen LogP contribution in [0.4, 0.5) is 0 Å². The predicted molar refractivity (Wildman–Crippen MR) is 86.0 cm³/mol. The van der Waals surface area contributed by atoms with Crippen molar-refractivity contribution in [3.05, 3.63) is 33.8 Å². The highest BCUT2D eigenvalue weighted by molar-refractivity contribution is 6.40. The fourth-order valence-electron chi connectivity index (χ4n) is 3.31. The largest absolute Gasteiger partial charge is 0.481 e. The molecule has 0 fully saturated rings. The molecule has 0 saturated carbocycles. The molecule has 7 heteroatoms. The molecule has 1 aromatic carbocycles. The Labute approximate surface area is 135 Å². The Balaban J connectivity index is 2.21. The van der Waals surface area contributed by atoms with Crippen molar-refractivity contribution < 1.29 is 19.9 Å². The molecule has 0 heterocycles. The van der Waals surface area contributed by atoms with Crippen molar-refractivity contribution in [1.29, 1.82) is 0 Å². The van der Waals surface area contributed by atoms with E-state index >= 15 is 0 Å². The topological polar surface area (TPSA) is 104 Å². The van der Waals surface area contributed by atoms with Gasteiger partial charge in [0, 0.05) is 5.02 Å². The summed E-state index contributed by atoms with van der Waals surface area (Å²) in [4.78, 5) is 11.7. The molecule has 0 bridgehead atoms. The van der Waals surface area contributed by atoms with Gasteiger partial charge in [-0.05, 0) is 60.8 Å². The number of hydrogen-bond donors (Lipinski definition) is 4.